The first kappa shape index (κ1) is 30.3. The summed E-state index contributed by atoms with van der Waals surface area (Å²) in [6.07, 6.45) is 20.7. The topological polar surface area (TPSA) is 23.8 Å². The molecule has 1 saturated heterocycles. The van der Waals surface area contributed by atoms with Crippen molar-refractivity contribution in [1.29, 1.82) is 5.26 Å². The molecule has 212 valence electrons. The summed E-state index contributed by atoms with van der Waals surface area (Å²) in [4.78, 5) is 0. The lowest BCUT2D eigenvalue weighted by molar-refractivity contribution is -1.03. The summed E-state index contributed by atoms with van der Waals surface area (Å²) >= 11 is 0. The molecule has 1 aliphatic heterocycles. The van der Waals surface area contributed by atoms with E-state index in [0.29, 0.717) is 11.3 Å². The highest BCUT2D eigenvalue weighted by Gasteiger charge is 2.77. The Bertz CT molecular complexity index is 1020. The fourth-order valence-electron chi connectivity index (χ4n) is 9.29. The summed E-state index contributed by atoms with van der Waals surface area (Å²) in [6, 6.07) is 25.8. The maximum atomic E-state index is 10.7. The van der Waals surface area contributed by atoms with E-state index >= 15 is 0 Å². The molecule has 0 bridgehead atoms. The van der Waals surface area contributed by atoms with Crippen LogP contribution < -0.4 is 17.0 Å². The number of hydrogen-bond donors (Lipinski definition) is 0. The zero-order chi connectivity index (χ0) is 26.5. The standard InChI is InChI=1S/C36H51N2.BrH/c1-3-4-5-6-7-8-9-10-11-18-25-38(2)33-23-24-35(33)27-30(26-34(35)38)28-36(29-37,31-19-14-12-15-20-31)32-21-16-13-17-22-32;/h12-17,19-22,30,33-34H,3-11,18,23-28H2,1-2H3;1H/q+1;/p-1/t30-,33-,34-,35?,38?;/m0./s1. The largest absolute Gasteiger partial charge is 1.00 e. The lowest BCUT2D eigenvalue weighted by Crippen LogP contribution is -3.00. The number of nitriles is 1. The Morgan fingerprint density at radius 1 is 0.821 bits per heavy atom. The SMILES string of the molecule is CCCCCCCCCCCC[N+]1(C)[C@H]2CCC23C[C@@H](CC(C#N)(c2ccccc2)c2ccccc2)C[C@@H]31.[Br-]. The van der Waals surface area contributed by atoms with Crippen molar-refractivity contribution < 1.29 is 21.5 Å². The van der Waals surface area contributed by atoms with Crippen LogP contribution in [0.2, 0.25) is 0 Å². The third kappa shape index (κ3) is 5.76. The van der Waals surface area contributed by atoms with Crippen LogP contribution in [0.1, 0.15) is 114 Å². The molecule has 39 heavy (non-hydrogen) atoms. The summed E-state index contributed by atoms with van der Waals surface area (Å²) in [5.41, 5.74) is 2.37. The number of nitrogens with zero attached hydrogens (tertiary/aromatic N) is 2. The molecule has 3 fully saturated rings. The number of rotatable bonds is 15. The van der Waals surface area contributed by atoms with E-state index in [0.717, 1.165) is 18.5 Å². The molecule has 2 aliphatic carbocycles. The minimum Gasteiger partial charge on any atom is -1.00 e. The Hall–Kier alpha value is -1.63. The van der Waals surface area contributed by atoms with Crippen LogP contribution in [0.5, 0.6) is 0 Å². The first-order chi connectivity index (χ1) is 18.6. The van der Waals surface area contributed by atoms with Crippen molar-refractivity contribution in [3.8, 4) is 6.07 Å². The van der Waals surface area contributed by atoms with Gasteiger partial charge in [-0.05, 0) is 49.1 Å². The van der Waals surface area contributed by atoms with Gasteiger partial charge in [0.05, 0.1) is 25.1 Å². The summed E-state index contributed by atoms with van der Waals surface area (Å²) in [6.45, 7) is 3.68. The number of likely N-dealkylation sites (tertiary alicyclic amines) is 1. The average molecular weight is 592 g/mol. The zero-order valence-corrected chi connectivity index (χ0v) is 26.2. The van der Waals surface area contributed by atoms with Gasteiger partial charge in [-0.15, -0.1) is 0 Å². The van der Waals surface area contributed by atoms with E-state index in [2.05, 4.69) is 80.7 Å². The smallest absolute Gasteiger partial charge is 0.107 e. The molecule has 0 amide bonds. The van der Waals surface area contributed by atoms with Crippen LogP contribution >= 0.6 is 0 Å². The van der Waals surface area contributed by atoms with Crippen molar-refractivity contribution in [3.63, 3.8) is 0 Å². The average Bonchev–Trinajstić information content (AvgIpc) is 3.33. The second kappa shape index (κ2) is 13.4. The molecule has 2 unspecified atom stereocenters. The predicted molar refractivity (Wildman–Crippen MR) is 159 cm³/mol. The first-order valence-electron chi connectivity index (χ1n) is 16.0. The zero-order valence-electron chi connectivity index (χ0n) is 24.6. The third-order valence-electron chi connectivity index (χ3n) is 11.2. The molecule has 1 heterocycles. The molecule has 0 aromatic heterocycles. The maximum absolute atomic E-state index is 10.7. The lowest BCUT2D eigenvalue weighted by Gasteiger charge is -2.71. The van der Waals surface area contributed by atoms with E-state index < -0.39 is 5.41 Å². The molecule has 5 atom stereocenters. The number of halogens is 1. The molecule has 5 rings (SSSR count). The number of piperidine rings is 1. The Kier molecular flexibility index (Phi) is 10.4. The monoisotopic (exact) mass is 590 g/mol. The van der Waals surface area contributed by atoms with Crippen molar-refractivity contribution in [2.75, 3.05) is 13.6 Å². The fraction of sp³-hybridized carbons (Fsp3) is 0.639. The Morgan fingerprint density at radius 2 is 1.36 bits per heavy atom. The summed E-state index contributed by atoms with van der Waals surface area (Å²) in [7, 11) is 2.59. The van der Waals surface area contributed by atoms with Crippen LogP contribution in [0, 0.1) is 22.7 Å². The van der Waals surface area contributed by atoms with Gasteiger partial charge in [0, 0.05) is 12.8 Å². The molecule has 0 N–H and O–H groups in total. The van der Waals surface area contributed by atoms with Gasteiger partial charge in [-0.25, -0.2) is 0 Å². The molecule has 0 radical (unpaired) electrons. The van der Waals surface area contributed by atoms with Gasteiger partial charge in [0.1, 0.15) is 17.5 Å². The molecular weight excluding hydrogens is 540 g/mol. The molecule has 2 saturated carbocycles. The molecule has 3 heteroatoms. The van der Waals surface area contributed by atoms with Gasteiger partial charge < -0.3 is 21.5 Å². The van der Waals surface area contributed by atoms with Gasteiger partial charge in [0.2, 0.25) is 0 Å². The molecule has 2 aromatic rings. The fourth-order valence-corrected chi connectivity index (χ4v) is 9.29. The second-order valence-corrected chi connectivity index (χ2v) is 13.3. The van der Waals surface area contributed by atoms with Crippen molar-refractivity contribution >= 4 is 0 Å². The van der Waals surface area contributed by atoms with Gasteiger partial charge in [-0.2, -0.15) is 5.26 Å². The summed E-state index contributed by atoms with van der Waals surface area (Å²) in [5.74, 6) is 0.635. The van der Waals surface area contributed by atoms with Crippen LogP contribution in [0.15, 0.2) is 60.7 Å². The van der Waals surface area contributed by atoms with Crippen molar-refractivity contribution in [2.24, 2.45) is 11.3 Å². The third-order valence-corrected chi connectivity index (χ3v) is 11.2. The van der Waals surface area contributed by atoms with Gasteiger partial charge in [-0.3, -0.25) is 0 Å². The van der Waals surface area contributed by atoms with Crippen LogP contribution in [-0.2, 0) is 5.41 Å². The quantitative estimate of drug-likeness (QED) is 0.179. The van der Waals surface area contributed by atoms with Gasteiger partial charge in [0.25, 0.3) is 0 Å². The number of benzene rings is 2. The molecular formula is C36H51BrN2. The minimum atomic E-state index is -0.549. The Labute approximate surface area is 249 Å². The van der Waals surface area contributed by atoms with Crippen molar-refractivity contribution in [2.45, 2.75) is 121 Å². The lowest BCUT2D eigenvalue weighted by atomic mass is 9.51. The van der Waals surface area contributed by atoms with Gasteiger partial charge in [-0.1, -0.05) is 119 Å². The summed E-state index contributed by atoms with van der Waals surface area (Å²) in [5, 5.41) is 10.7. The molecule has 2 nitrogen and oxygen atoms in total. The first-order valence-corrected chi connectivity index (χ1v) is 16.0. The number of hydrogen-bond acceptors (Lipinski definition) is 1. The van der Waals surface area contributed by atoms with E-state index in [1.54, 1.807) is 0 Å². The highest BCUT2D eigenvalue weighted by atomic mass is 79.9. The molecule has 3 aliphatic rings. The van der Waals surface area contributed by atoms with Crippen LogP contribution in [0.3, 0.4) is 0 Å². The molecule has 1 spiro atoms. The van der Waals surface area contributed by atoms with E-state index in [-0.39, 0.29) is 17.0 Å². The second-order valence-electron chi connectivity index (χ2n) is 13.3. The highest BCUT2D eigenvalue weighted by molar-refractivity contribution is 5.46. The van der Waals surface area contributed by atoms with E-state index in [1.165, 1.54) is 112 Å². The van der Waals surface area contributed by atoms with Crippen LogP contribution in [-0.4, -0.2) is 30.2 Å². The van der Waals surface area contributed by atoms with E-state index in [1.807, 2.05) is 0 Å². The maximum Gasteiger partial charge on any atom is 0.107 e. The predicted octanol–water partition coefficient (Wildman–Crippen LogP) is 6.20. The van der Waals surface area contributed by atoms with E-state index in [9.17, 15) is 5.26 Å². The van der Waals surface area contributed by atoms with Crippen molar-refractivity contribution in [1.82, 2.24) is 0 Å². The van der Waals surface area contributed by atoms with Crippen molar-refractivity contribution in [3.05, 3.63) is 71.8 Å². The normalized spacial score (nSPS) is 28.8. The Balaban J connectivity index is 0.00000353. The van der Waals surface area contributed by atoms with Gasteiger partial charge >= 0.3 is 0 Å². The van der Waals surface area contributed by atoms with E-state index in [4.69, 9.17) is 0 Å². The number of quaternary nitrogens is 1. The van der Waals surface area contributed by atoms with Crippen LogP contribution in [0.25, 0.3) is 0 Å². The highest BCUT2D eigenvalue weighted by Crippen LogP contribution is 2.70. The minimum absolute atomic E-state index is 0. The number of unbranched alkanes of at least 4 members (excludes halogenated alkanes) is 9. The summed E-state index contributed by atoms with van der Waals surface area (Å²) < 4.78 is 1.34. The van der Waals surface area contributed by atoms with Gasteiger partial charge in [0.15, 0.2) is 0 Å². The van der Waals surface area contributed by atoms with Crippen LogP contribution in [0.4, 0.5) is 0 Å². The Morgan fingerprint density at radius 3 is 1.85 bits per heavy atom. The molecule has 2 aromatic carbocycles.